The van der Waals surface area contributed by atoms with Crippen LogP contribution in [0.25, 0.3) is 11.5 Å². The number of hydrogen-bond donors (Lipinski definition) is 1. The number of amides is 2. The summed E-state index contributed by atoms with van der Waals surface area (Å²) < 4.78 is 46.6. The molecule has 1 N–H and O–H groups in total. The molecule has 0 aliphatic carbocycles. The smallest absolute Gasteiger partial charge is 0.463 e. The Kier molecular flexibility index (Phi) is 5.60. The van der Waals surface area contributed by atoms with E-state index in [9.17, 15) is 22.8 Å². The Hall–Kier alpha value is -3.82. The Morgan fingerprint density at radius 2 is 2.03 bits per heavy atom. The molecule has 1 atom stereocenters. The molecule has 1 fully saturated rings. The minimum Gasteiger partial charge on any atom is -0.463 e. The van der Waals surface area contributed by atoms with Gasteiger partial charge in [-0.1, -0.05) is 6.07 Å². The lowest BCUT2D eigenvalue weighted by molar-refractivity contribution is -0.274. The fraction of sp³-hybridized carbons (Fsp3) is 0.227. The summed E-state index contributed by atoms with van der Waals surface area (Å²) in [6.07, 6.45) is -3.00. The van der Waals surface area contributed by atoms with Crippen molar-refractivity contribution in [1.29, 1.82) is 0 Å². The molecule has 2 aromatic heterocycles. The lowest BCUT2D eigenvalue weighted by Gasteiger charge is -2.19. The number of anilines is 1. The average molecular weight is 445 g/mol. The average Bonchev–Trinajstić information content (AvgIpc) is 3.37. The maximum Gasteiger partial charge on any atom is 0.573 e. The number of halogens is 3. The third kappa shape index (κ3) is 4.58. The molecule has 0 bridgehead atoms. The lowest BCUT2D eigenvalue weighted by Crippen LogP contribution is -2.41. The van der Waals surface area contributed by atoms with Crippen molar-refractivity contribution in [3.63, 3.8) is 0 Å². The number of pyridine rings is 1. The van der Waals surface area contributed by atoms with Crippen LogP contribution in [-0.2, 0) is 4.79 Å². The van der Waals surface area contributed by atoms with Gasteiger partial charge < -0.3 is 19.4 Å². The van der Waals surface area contributed by atoms with Gasteiger partial charge in [0.2, 0.25) is 5.91 Å². The third-order valence-electron chi connectivity index (χ3n) is 4.98. The lowest BCUT2D eigenvalue weighted by atomic mass is 10.1. The SMILES string of the molecule is Cc1nc(-c2ccco2)ccc1C(=O)NC1CCN(c2cccc(OC(F)(F)F)c2)C1=O. The van der Waals surface area contributed by atoms with Crippen molar-refractivity contribution in [2.24, 2.45) is 0 Å². The number of nitrogens with one attached hydrogen (secondary N) is 1. The summed E-state index contributed by atoms with van der Waals surface area (Å²) in [4.78, 5) is 31.2. The van der Waals surface area contributed by atoms with Crippen LogP contribution in [0.4, 0.5) is 18.9 Å². The van der Waals surface area contributed by atoms with Gasteiger partial charge in [-0.2, -0.15) is 0 Å². The van der Waals surface area contributed by atoms with Crippen molar-refractivity contribution in [3.05, 3.63) is 66.1 Å². The van der Waals surface area contributed by atoms with E-state index in [-0.39, 0.29) is 12.2 Å². The zero-order valence-corrected chi connectivity index (χ0v) is 16.8. The second kappa shape index (κ2) is 8.37. The fourth-order valence-electron chi connectivity index (χ4n) is 3.52. The molecule has 1 saturated heterocycles. The van der Waals surface area contributed by atoms with E-state index >= 15 is 0 Å². The molecule has 7 nitrogen and oxygen atoms in total. The molecule has 1 aliphatic heterocycles. The van der Waals surface area contributed by atoms with Gasteiger partial charge in [0.25, 0.3) is 5.91 Å². The van der Waals surface area contributed by atoms with E-state index in [1.807, 2.05) is 0 Å². The molecule has 0 radical (unpaired) electrons. The first-order chi connectivity index (χ1) is 15.2. The number of rotatable bonds is 5. The molecule has 4 rings (SSSR count). The number of carbonyl (C=O) groups excluding carboxylic acids is 2. The predicted molar refractivity (Wildman–Crippen MR) is 108 cm³/mol. The highest BCUT2D eigenvalue weighted by Gasteiger charge is 2.35. The molecular formula is C22H18F3N3O4. The van der Waals surface area contributed by atoms with Crippen molar-refractivity contribution in [2.75, 3.05) is 11.4 Å². The van der Waals surface area contributed by atoms with Gasteiger partial charge in [0.1, 0.15) is 17.5 Å². The van der Waals surface area contributed by atoms with Crippen LogP contribution in [0.5, 0.6) is 5.75 Å². The molecule has 166 valence electrons. The highest BCUT2D eigenvalue weighted by atomic mass is 19.4. The summed E-state index contributed by atoms with van der Waals surface area (Å²) >= 11 is 0. The molecule has 10 heteroatoms. The Morgan fingerprint density at radius 1 is 1.22 bits per heavy atom. The van der Waals surface area contributed by atoms with Crippen molar-refractivity contribution in [3.8, 4) is 17.2 Å². The first kappa shape index (κ1) is 21.4. The number of alkyl halides is 3. The van der Waals surface area contributed by atoms with Gasteiger partial charge >= 0.3 is 6.36 Å². The highest BCUT2D eigenvalue weighted by molar-refractivity contribution is 6.04. The maximum absolute atomic E-state index is 12.8. The number of hydrogen-bond acceptors (Lipinski definition) is 5. The first-order valence-corrected chi connectivity index (χ1v) is 9.71. The van der Waals surface area contributed by atoms with E-state index in [0.717, 1.165) is 12.1 Å². The zero-order chi connectivity index (χ0) is 22.9. The van der Waals surface area contributed by atoms with Crippen LogP contribution in [0.3, 0.4) is 0 Å². The Bertz CT molecular complexity index is 1150. The van der Waals surface area contributed by atoms with Crippen LogP contribution < -0.4 is 15.0 Å². The number of nitrogens with zero attached hydrogens (tertiary/aromatic N) is 2. The van der Waals surface area contributed by atoms with Gasteiger partial charge in [0.05, 0.1) is 17.5 Å². The molecule has 1 aromatic carbocycles. The van der Waals surface area contributed by atoms with E-state index in [1.165, 1.54) is 23.3 Å². The van der Waals surface area contributed by atoms with Gasteiger partial charge in [-0.15, -0.1) is 13.2 Å². The van der Waals surface area contributed by atoms with Gasteiger partial charge in [-0.25, -0.2) is 4.98 Å². The number of aryl methyl sites for hydroxylation is 1. The number of furan rings is 1. The fourth-order valence-corrected chi connectivity index (χ4v) is 3.52. The van der Waals surface area contributed by atoms with Crippen LogP contribution in [0.2, 0.25) is 0 Å². The van der Waals surface area contributed by atoms with E-state index in [4.69, 9.17) is 4.42 Å². The summed E-state index contributed by atoms with van der Waals surface area (Å²) in [7, 11) is 0. The van der Waals surface area contributed by atoms with E-state index < -0.39 is 30.0 Å². The number of ether oxygens (including phenoxy) is 1. The normalized spacial score (nSPS) is 16.3. The molecule has 3 aromatic rings. The summed E-state index contributed by atoms with van der Waals surface area (Å²) in [5, 5.41) is 2.69. The van der Waals surface area contributed by atoms with Crippen LogP contribution >= 0.6 is 0 Å². The largest absolute Gasteiger partial charge is 0.573 e. The molecule has 0 saturated carbocycles. The molecule has 2 amide bonds. The molecular weight excluding hydrogens is 427 g/mol. The van der Waals surface area contributed by atoms with Crippen LogP contribution in [0.15, 0.2) is 59.2 Å². The maximum atomic E-state index is 12.8. The van der Waals surface area contributed by atoms with Gasteiger partial charge in [0.15, 0.2) is 5.76 Å². The van der Waals surface area contributed by atoms with Gasteiger partial charge in [-0.05, 0) is 49.7 Å². The third-order valence-corrected chi connectivity index (χ3v) is 4.98. The quantitative estimate of drug-likeness (QED) is 0.640. The second-order valence-corrected chi connectivity index (χ2v) is 7.16. The zero-order valence-electron chi connectivity index (χ0n) is 16.8. The molecule has 1 aliphatic rings. The second-order valence-electron chi connectivity index (χ2n) is 7.16. The number of carbonyl (C=O) groups is 2. The first-order valence-electron chi connectivity index (χ1n) is 9.71. The minimum absolute atomic E-state index is 0.244. The number of benzene rings is 1. The molecule has 1 unspecified atom stereocenters. The van der Waals surface area contributed by atoms with Gasteiger partial charge in [0, 0.05) is 18.3 Å². The van der Waals surface area contributed by atoms with Crippen LogP contribution in [-0.4, -0.2) is 35.7 Å². The number of aromatic nitrogens is 1. The predicted octanol–water partition coefficient (Wildman–Crippen LogP) is 4.08. The Labute approximate surface area is 180 Å². The van der Waals surface area contributed by atoms with Crippen LogP contribution in [0.1, 0.15) is 22.5 Å². The summed E-state index contributed by atoms with van der Waals surface area (Å²) in [6.45, 7) is 1.92. The van der Waals surface area contributed by atoms with Crippen LogP contribution in [0, 0.1) is 6.92 Å². The summed E-state index contributed by atoms with van der Waals surface area (Å²) in [5.74, 6) is -0.734. The van der Waals surface area contributed by atoms with Crippen molar-refractivity contribution < 1.29 is 31.9 Å². The molecule has 3 heterocycles. The van der Waals surface area contributed by atoms with Crippen molar-refractivity contribution >= 4 is 17.5 Å². The standard InChI is InChI=1S/C22H18F3N3O4/c1-13-16(7-8-17(26-13)19-6-3-11-31-19)20(29)27-18-9-10-28(21(18)30)14-4-2-5-15(12-14)32-22(23,24)25/h2-8,11-12,18H,9-10H2,1H3,(H,27,29). The Balaban J connectivity index is 1.45. The molecule has 0 spiro atoms. The topological polar surface area (TPSA) is 84.7 Å². The van der Waals surface area contributed by atoms with Crippen molar-refractivity contribution in [2.45, 2.75) is 25.7 Å². The summed E-state index contributed by atoms with van der Waals surface area (Å²) in [6, 6.07) is 11.1. The van der Waals surface area contributed by atoms with Crippen molar-refractivity contribution in [1.82, 2.24) is 10.3 Å². The monoisotopic (exact) mass is 445 g/mol. The Morgan fingerprint density at radius 3 is 2.72 bits per heavy atom. The van der Waals surface area contributed by atoms with E-state index in [0.29, 0.717) is 29.1 Å². The molecule has 32 heavy (non-hydrogen) atoms. The van der Waals surface area contributed by atoms with E-state index in [2.05, 4.69) is 15.0 Å². The van der Waals surface area contributed by atoms with Gasteiger partial charge in [-0.3, -0.25) is 9.59 Å². The van der Waals surface area contributed by atoms with E-state index in [1.54, 1.807) is 31.2 Å². The summed E-state index contributed by atoms with van der Waals surface area (Å²) in [5.41, 5.74) is 1.62. The minimum atomic E-state index is -4.83. The highest BCUT2D eigenvalue weighted by Crippen LogP contribution is 2.29.